The summed E-state index contributed by atoms with van der Waals surface area (Å²) in [5.41, 5.74) is 0. The van der Waals surface area contributed by atoms with Crippen LogP contribution in [0.2, 0.25) is 0 Å². The maximum atomic E-state index is 12.0. The van der Waals surface area contributed by atoms with Gasteiger partial charge in [0.1, 0.15) is 6.54 Å². The number of hydrogen-bond acceptors (Lipinski definition) is 2. The van der Waals surface area contributed by atoms with Crippen LogP contribution in [-0.4, -0.2) is 53.6 Å². The average Bonchev–Trinajstić information content (AvgIpc) is 2.54. The molecule has 98 valence electrons. The van der Waals surface area contributed by atoms with Crippen molar-refractivity contribution in [1.82, 2.24) is 9.80 Å². The van der Waals surface area contributed by atoms with Gasteiger partial charge in [-0.1, -0.05) is 25.7 Å². The van der Waals surface area contributed by atoms with E-state index >= 15 is 0 Å². The minimum atomic E-state index is -0.977. The lowest BCUT2D eigenvalue weighted by Gasteiger charge is -2.30. The lowest BCUT2D eigenvalue weighted by Crippen LogP contribution is -2.45. The Hall–Kier alpha value is -1.26. The van der Waals surface area contributed by atoms with Crippen molar-refractivity contribution in [3.63, 3.8) is 0 Å². The van der Waals surface area contributed by atoms with Crippen molar-refractivity contribution in [3.05, 3.63) is 0 Å². The van der Waals surface area contributed by atoms with E-state index in [9.17, 15) is 9.59 Å². The minimum Gasteiger partial charge on any atom is -0.480 e. The SMILES string of the molecule is CN(CC(=O)O)C(=O)N(C)C1CCCCCC1. The topological polar surface area (TPSA) is 60.9 Å². The van der Waals surface area contributed by atoms with Crippen molar-refractivity contribution in [2.75, 3.05) is 20.6 Å². The number of rotatable bonds is 3. The molecule has 1 rings (SSSR count). The Bertz CT molecular complexity index is 273. The third-order valence-corrected chi connectivity index (χ3v) is 3.37. The molecule has 0 heterocycles. The highest BCUT2D eigenvalue weighted by Gasteiger charge is 2.24. The van der Waals surface area contributed by atoms with Crippen LogP contribution in [0.3, 0.4) is 0 Å². The zero-order valence-corrected chi connectivity index (χ0v) is 10.7. The molecular formula is C12H22N2O3. The van der Waals surface area contributed by atoms with Crippen LogP contribution in [-0.2, 0) is 4.79 Å². The highest BCUT2D eigenvalue weighted by molar-refractivity contribution is 5.79. The van der Waals surface area contributed by atoms with Gasteiger partial charge in [-0.3, -0.25) is 4.79 Å². The van der Waals surface area contributed by atoms with E-state index in [1.54, 1.807) is 11.9 Å². The fraction of sp³-hybridized carbons (Fsp3) is 0.833. The van der Waals surface area contributed by atoms with Gasteiger partial charge in [0.25, 0.3) is 0 Å². The van der Waals surface area contributed by atoms with Crippen LogP contribution in [0.5, 0.6) is 0 Å². The summed E-state index contributed by atoms with van der Waals surface area (Å²) in [4.78, 5) is 25.5. The summed E-state index contributed by atoms with van der Waals surface area (Å²) in [5.74, 6) is -0.977. The van der Waals surface area contributed by atoms with E-state index in [1.807, 2.05) is 0 Å². The molecule has 0 atom stereocenters. The average molecular weight is 242 g/mol. The first-order chi connectivity index (χ1) is 8.02. The molecule has 0 radical (unpaired) electrons. The summed E-state index contributed by atoms with van der Waals surface area (Å²) < 4.78 is 0. The predicted molar refractivity (Wildman–Crippen MR) is 64.9 cm³/mol. The molecule has 0 spiro atoms. The van der Waals surface area contributed by atoms with Gasteiger partial charge in [0.05, 0.1) is 0 Å². The molecule has 1 aliphatic carbocycles. The molecule has 0 unspecified atom stereocenters. The smallest absolute Gasteiger partial charge is 0.323 e. The quantitative estimate of drug-likeness (QED) is 0.767. The Morgan fingerprint density at radius 2 is 1.65 bits per heavy atom. The van der Waals surface area contributed by atoms with Crippen LogP contribution >= 0.6 is 0 Å². The summed E-state index contributed by atoms with van der Waals surface area (Å²) in [6.07, 6.45) is 6.86. The van der Waals surface area contributed by atoms with E-state index in [1.165, 1.54) is 24.8 Å². The van der Waals surface area contributed by atoms with Gasteiger partial charge in [0.15, 0.2) is 0 Å². The monoisotopic (exact) mass is 242 g/mol. The fourth-order valence-electron chi connectivity index (χ4n) is 2.34. The highest BCUT2D eigenvalue weighted by atomic mass is 16.4. The molecule has 0 aromatic carbocycles. The number of aliphatic carboxylic acids is 1. The Labute approximate surface area is 102 Å². The summed E-state index contributed by atoms with van der Waals surface area (Å²) in [7, 11) is 3.31. The molecule has 5 heteroatoms. The van der Waals surface area contributed by atoms with Crippen LogP contribution in [0.15, 0.2) is 0 Å². The molecule has 5 nitrogen and oxygen atoms in total. The van der Waals surface area contributed by atoms with Gasteiger partial charge in [-0.15, -0.1) is 0 Å². The molecule has 2 amide bonds. The third kappa shape index (κ3) is 4.24. The molecule has 1 aliphatic rings. The van der Waals surface area contributed by atoms with Gasteiger partial charge in [-0.25, -0.2) is 4.79 Å². The number of carbonyl (C=O) groups is 2. The largest absolute Gasteiger partial charge is 0.480 e. The molecule has 1 saturated carbocycles. The van der Waals surface area contributed by atoms with Crippen molar-refractivity contribution in [2.45, 2.75) is 44.6 Å². The number of likely N-dealkylation sites (N-methyl/N-ethyl adjacent to an activating group) is 1. The Balaban J connectivity index is 2.51. The number of carbonyl (C=O) groups excluding carboxylic acids is 1. The van der Waals surface area contributed by atoms with E-state index in [0.29, 0.717) is 0 Å². The number of amides is 2. The standard InChI is InChI=1S/C12H22N2O3/c1-13(9-11(15)16)12(17)14(2)10-7-5-3-4-6-8-10/h10H,3-9H2,1-2H3,(H,15,16). The maximum absolute atomic E-state index is 12.0. The minimum absolute atomic E-state index is 0.195. The van der Waals surface area contributed by atoms with Crippen LogP contribution < -0.4 is 0 Å². The van der Waals surface area contributed by atoms with Crippen molar-refractivity contribution in [3.8, 4) is 0 Å². The zero-order chi connectivity index (χ0) is 12.8. The third-order valence-electron chi connectivity index (χ3n) is 3.37. The molecule has 17 heavy (non-hydrogen) atoms. The highest BCUT2D eigenvalue weighted by Crippen LogP contribution is 2.21. The summed E-state index contributed by atoms with van der Waals surface area (Å²) in [6, 6.07) is 0.0699. The Kier molecular flexibility index (Phi) is 5.25. The molecule has 0 aliphatic heterocycles. The first-order valence-electron chi connectivity index (χ1n) is 6.22. The van der Waals surface area contributed by atoms with E-state index in [2.05, 4.69) is 0 Å². The Morgan fingerprint density at radius 1 is 1.12 bits per heavy atom. The second-order valence-electron chi connectivity index (χ2n) is 4.79. The van der Waals surface area contributed by atoms with Gasteiger partial charge < -0.3 is 14.9 Å². The molecule has 1 fully saturated rings. The van der Waals surface area contributed by atoms with Crippen LogP contribution in [0.25, 0.3) is 0 Å². The molecule has 1 N–H and O–H groups in total. The number of carboxylic acid groups (broad SMARTS) is 1. The fourth-order valence-corrected chi connectivity index (χ4v) is 2.34. The molecule has 0 aromatic rings. The number of carboxylic acids is 1. The molecular weight excluding hydrogens is 220 g/mol. The predicted octanol–water partition coefficient (Wildman–Crippen LogP) is 1.78. The molecule has 0 bridgehead atoms. The van der Waals surface area contributed by atoms with Gasteiger partial charge in [0.2, 0.25) is 0 Å². The summed E-state index contributed by atoms with van der Waals surface area (Å²) in [6.45, 7) is -0.240. The number of hydrogen-bond donors (Lipinski definition) is 1. The van der Waals surface area contributed by atoms with Crippen molar-refractivity contribution < 1.29 is 14.7 Å². The maximum Gasteiger partial charge on any atom is 0.323 e. The van der Waals surface area contributed by atoms with E-state index in [0.717, 1.165) is 25.7 Å². The van der Waals surface area contributed by atoms with E-state index in [4.69, 9.17) is 5.11 Å². The van der Waals surface area contributed by atoms with Gasteiger partial charge in [0, 0.05) is 20.1 Å². The summed E-state index contributed by atoms with van der Waals surface area (Å²) in [5, 5.41) is 8.66. The van der Waals surface area contributed by atoms with Crippen molar-refractivity contribution in [1.29, 1.82) is 0 Å². The van der Waals surface area contributed by atoms with Crippen molar-refractivity contribution >= 4 is 12.0 Å². The molecule has 0 saturated heterocycles. The second-order valence-corrected chi connectivity index (χ2v) is 4.79. The normalized spacial score (nSPS) is 17.3. The van der Waals surface area contributed by atoms with Gasteiger partial charge in [-0.2, -0.15) is 0 Å². The second kappa shape index (κ2) is 6.47. The lowest BCUT2D eigenvalue weighted by molar-refractivity contribution is -0.137. The van der Waals surface area contributed by atoms with Gasteiger partial charge in [-0.05, 0) is 12.8 Å². The van der Waals surface area contributed by atoms with E-state index < -0.39 is 5.97 Å². The first-order valence-corrected chi connectivity index (χ1v) is 6.22. The van der Waals surface area contributed by atoms with Crippen molar-refractivity contribution in [2.24, 2.45) is 0 Å². The van der Waals surface area contributed by atoms with Crippen LogP contribution in [0.4, 0.5) is 4.79 Å². The number of nitrogens with zero attached hydrogens (tertiary/aromatic N) is 2. The summed E-state index contributed by atoms with van der Waals surface area (Å²) >= 11 is 0. The van der Waals surface area contributed by atoms with Gasteiger partial charge >= 0.3 is 12.0 Å². The first kappa shape index (κ1) is 13.8. The van der Waals surface area contributed by atoms with Crippen LogP contribution in [0, 0.1) is 0 Å². The zero-order valence-electron chi connectivity index (χ0n) is 10.7. The number of urea groups is 1. The lowest BCUT2D eigenvalue weighted by atomic mass is 10.1. The Morgan fingerprint density at radius 3 is 2.12 bits per heavy atom. The van der Waals surface area contributed by atoms with E-state index in [-0.39, 0.29) is 18.6 Å². The molecule has 0 aromatic heterocycles. The van der Waals surface area contributed by atoms with Crippen LogP contribution in [0.1, 0.15) is 38.5 Å².